The second-order valence-corrected chi connectivity index (χ2v) is 7.44. The molecule has 2 heteroatoms. The molecule has 0 radical (unpaired) electrons. The molecule has 0 aromatic rings. The second kappa shape index (κ2) is 8.48. The van der Waals surface area contributed by atoms with Gasteiger partial charge in [0.05, 0.1) is 0 Å². The molecular formula is C14H27IO. The first-order valence-corrected chi connectivity index (χ1v) is 7.80. The maximum absolute atomic E-state index is 11.8. The third-order valence-electron chi connectivity index (χ3n) is 2.86. The lowest BCUT2D eigenvalue weighted by atomic mass is 9.87. The van der Waals surface area contributed by atoms with E-state index in [2.05, 4.69) is 29.5 Å². The summed E-state index contributed by atoms with van der Waals surface area (Å²) in [4.78, 5) is 11.8. The van der Waals surface area contributed by atoms with Crippen molar-refractivity contribution in [2.75, 3.05) is 0 Å². The van der Waals surface area contributed by atoms with Gasteiger partial charge in [-0.3, -0.25) is 4.79 Å². The molecule has 0 saturated heterocycles. The van der Waals surface area contributed by atoms with Gasteiger partial charge in [-0.25, -0.2) is 0 Å². The van der Waals surface area contributed by atoms with Gasteiger partial charge in [0.1, 0.15) is 5.78 Å². The van der Waals surface area contributed by atoms with Crippen LogP contribution in [0.2, 0.25) is 0 Å². The van der Waals surface area contributed by atoms with Crippen LogP contribution in [0.5, 0.6) is 0 Å². The van der Waals surface area contributed by atoms with E-state index in [0.717, 1.165) is 6.42 Å². The van der Waals surface area contributed by atoms with Crippen LogP contribution in [0.15, 0.2) is 0 Å². The van der Waals surface area contributed by atoms with Crippen molar-refractivity contribution in [1.29, 1.82) is 0 Å². The lowest BCUT2D eigenvalue weighted by molar-refractivity contribution is -0.126. The fraction of sp³-hybridized carbons (Fsp3) is 0.929. The Morgan fingerprint density at radius 2 is 1.69 bits per heavy atom. The van der Waals surface area contributed by atoms with Crippen LogP contribution < -0.4 is 0 Å². The van der Waals surface area contributed by atoms with Gasteiger partial charge in [-0.1, -0.05) is 82.4 Å². The van der Waals surface area contributed by atoms with Crippen LogP contribution in [0.1, 0.15) is 72.6 Å². The molecule has 1 atom stereocenters. The number of alkyl halides is 1. The molecule has 96 valence electrons. The van der Waals surface area contributed by atoms with E-state index in [-0.39, 0.29) is 5.41 Å². The Morgan fingerprint density at radius 1 is 1.12 bits per heavy atom. The van der Waals surface area contributed by atoms with Gasteiger partial charge in [-0.05, 0) is 6.42 Å². The van der Waals surface area contributed by atoms with Crippen molar-refractivity contribution in [3.63, 3.8) is 0 Å². The van der Waals surface area contributed by atoms with Gasteiger partial charge < -0.3 is 0 Å². The van der Waals surface area contributed by atoms with Gasteiger partial charge >= 0.3 is 0 Å². The molecule has 0 aromatic heterocycles. The van der Waals surface area contributed by atoms with Crippen LogP contribution in [0.3, 0.4) is 0 Å². The van der Waals surface area contributed by atoms with Crippen molar-refractivity contribution >= 4 is 28.4 Å². The highest BCUT2D eigenvalue weighted by Crippen LogP contribution is 2.23. The summed E-state index contributed by atoms with van der Waals surface area (Å²) in [6.07, 6.45) is 8.57. The predicted octanol–water partition coefficient (Wildman–Crippen LogP) is 5.16. The molecular weight excluding hydrogens is 311 g/mol. The number of carbonyl (C=O) groups is 1. The number of Topliss-reactive ketones (excluding diaryl/α,β-unsaturated/α-hetero) is 1. The van der Waals surface area contributed by atoms with E-state index in [1.807, 2.05) is 20.8 Å². The molecule has 0 aliphatic carbocycles. The highest BCUT2D eigenvalue weighted by atomic mass is 127. The van der Waals surface area contributed by atoms with Crippen LogP contribution in [-0.2, 0) is 4.79 Å². The number of carbonyl (C=O) groups excluding carboxylic acids is 1. The highest BCUT2D eigenvalue weighted by molar-refractivity contribution is 14.1. The molecule has 0 rings (SSSR count). The first kappa shape index (κ1) is 16.4. The fourth-order valence-electron chi connectivity index (χ4n) is 1.58. The Balaban J connectivity index is 3.59. The minimum atomic E-state index is -0.161. The fourth-order valence-corrected chi connectivity index (χ4v) is 2.42. The first-order chi connectivity index (χ1) is 7.38. The molecule has 0 aliphatic rings. The summed E-state index contributed by atoms with van der Waals surface area (Å²) in [5.41, 5.74) is -0.161. The van der Waals surface area contributed by atoms with Gasteiger partial charge in [0.15, 0.2) is 0 Å². The van der Waals surface area contributed by atoms with Crippen LogP contribution >= 0.6 is 22.6 Å². The number of halogens is 1. The summed E-state index contributed by atoms with van der Waals surface area (Å²) in [5, 5.41) is 0. The molecule has 16 heavy (non-hydrogen) atoms. The third kappa shape index (κ3) is 8.54. The summed E-state index contributed by atoms with van der Waals surface area (Å²) < 4.78 is 0.533. The van der Waals surface area contributed by atoms with E-state index in [1.165, 1.54) is 38.5 Å². The van der Waals surface area contributed by atoms with Crippen LogP contribution in [-0.4, -0.2) is 9.71 Å². The van der Waals surface area contributed by atoms with Crippen LogP contribution in [0.4, 0.5) is 0 Å². The Hall–Kier alpha value is 0.400. The minimum Gasteiger partial charge on any atom is -0.299 e. The molecule has 1 unspecified atom stereocenters. The van der Waals surface area contributed by atoms with Gasteiger partial charge in [-0.15, -0.1) is 0 Å². The van der Waals surface area contributed by atoms with E-state index >= 15 is 0 Å². The van der Waals surface area contributed by atoms with Crippen molar-refractivity contribution in [3.8, 4) is 0 Å². The third-order valence-corrected chi connectivity index (χ3v) is 3.93. The molecule has 0 N–H and O–H groups in total. The van der Waals surface area contributed by atoms with Gasteiger partial charge in [-0.2, -0.15) is 0 Å². The summed E-state index contributed by atoms with van der Waals surface area (Å²) in [7, 11) is 0. The molecule has 0 bridgehead atoms. The molecule has 0 aliphatic heterocycles. The molecule has 0 amide bonds. The predicted molar refractivity (Wildman–Crippen MR) is 80.3 cm³/mol. The molecule has 0 saturated carbocycles. The highest BCUT2D eigenvalue weighted by Gasteiger charge is 2.23. The number of hydrogen-bond acceptors (Lipinski definition) is 1. The van der Waals surface area contributed by atoms with Gasteiger partial charge in [0.2, 0.25) is 0 Å². The van der Waals surface area contributed by atoms with Crippen molar-refractivity contribution in [2.24, 2.45) is 5.41 Å². The number of hydrogen-bond donors (Lipinski definition) is 0. The topological polar surface area (TPSA) is 17.1 Å². The average molecular weight is 338 g/mol. The van der Waals surface area contributed by atoms with E-state index in [4.69, 9.17) is 0 Å². The van der Waals surface area contributed by atoms with Crippen molar-refractivity contribution in [1.82, 2.24) is 0 Å². The smallest absolute Gasteiger partial charge is 0.139 e. The second-order valence-electron chi connectivity index (χ2n) is 5.68. The van der Waals surface area contributed by atoms with Crippen molar-refractivity contribution in [3.05, 3.63) is 0 Å². The Bertz CT molecular complexity index is 193. The standard InChI is InChI=1S/C14H27IO/c1-5-6-7-8-9-10-12(15)11-13(16)14(2,3)4/h12H,5-11H2,1-4H3. The quantitative estimate of drug-likeness (QED) is 0.340. The lowest BCUT2D eigenvalue weighted by Gasteiger charge is -2.18. The van der Waals surface area contributed by atoms with Gasteiger partial charge in [0, 0.05) is 15.8 Å². The average Bonchev–Trinajstić information content (AvgIpc) is 2.16. The SMILES string of the molecule is CCCCCCCC(I)CC(=O)C(C)(C)C. The van der Waals surface area contributed by atoms with E-state index < -0.39 is 0 Å². The van der Waals surface area contributed by atoms with E-state index in [1.54, 1.807) is 0 Å². The van der Waals surface area contributed by atoms with Crippen LogP contribution in [0, 0.1) is 5.41 Å². The first-order valence-electron chi connectivity index (χ1n) is 6.55. The normalized spacial score (nSPS) is 13.8. The molecule has 0 heterocycles. The largest absolute Gasteiger partial charge is 0.299 e. The number of ketones is 1. The number of unbranched alkanes of at least 4 members (excludes halogenated alkanes) is 4. The minimum absolute atomic E-state index is 0.161. The molecule has 1 nitrogen and oxygen atoms in total. The molecule has 0 spiro atoms. The lowest BCUT2D eigenvalue weighted by Crippen LogP contribution is -2.23. The Morgan fingerprint density at radius 3 is 2.19 bits per heavy atom. The monoisotopic (exact) mass is 338 g/mol. The summed E-state index contributed by atoms with van der Waals surface area (Å²) in [5.74, 6) is 0.403. The van der Waals surface area contributed by atoms with Crippen molar-refractivity contribution in [2.45, 2.75) is 76.6 Å². The Kier molecular flexibility index (Phi) is 8.70. The van der Waals surface area contributed by atoms with E-state index in [0.29, 0.717) is 9.71 Å². The summed E-state index contributed by atoms with van der Waals surface area (Å²) in [6.45, 7) is 8.28. The zero-order valence-corrected chi connectivity index (χ0v) is 13.5. The molecule has 0 fully saturated rings. The Labute approximate surface area is 115 Å². The zero-order chi connectivity index (χ0) is 12.6. The summed E-state index contributed by atoms with van der Waals surface area (Å²) >= 11 is 2.44. The number of rotatable bonds is 8. The van der Waals surface area contributed by atoms with E-state index in [9.17, 15) is 4.79 Å². The zero-order valence-electron chi connectivity index (χ0n) is 11.3. The maximum atomic E-state index is 11.8. The molecule has 0 aromatic carbocycles. The van der Waals surface area contributed by atoms with Crippen LogP contribution in [0.25, 0.3) is 0 Å². The van der Waals surface area contributed by atoms with Gasteiger partial charge in [0.25, 0.3) is 0 Å². The van der Waals surface area contributed by atoms with Crippen molar-refractivity contribution < 1.29 is 4.79 Å². The maximum Gasteiger partial charge on any atom is 0.139 e. The summed E-state index contributed by atoms with van der Waals surface area (Å²) in [6, 6.07) is 0.